The maximum absolute atomic E-state index is 12.8. The molecule has 0 aliphatic carbocycles. The maximum Gasteiger partial charge on any atom is 0.421 e. The molecule has 28 heavy (non-hydrogen) atoms. The van der Waals surface area contributed by atoms with Gasteiger partial charge in [0.05, 0.1) is 0 Å². The quantitative estimate of drug-likeness (QED) is 0.442. The molecular formula is C20H21N3O5. The van der Waals surface area contributed by atoms with Gasteiger partial charge in [0.1, 0.15) is 6.04 Å². The number of imide groups is 3. The van der Waals surface area contributed by atoms with Crippen LogP contribution in [0.1, 0.15) is 48.0 Å². The molecule has 2 N–H and O–H groups in total. The van der Waals surface area contributed by atoms with Crippen LogP contribution in [0.15, 0.2) is 18.2 Å². The normalized spacial score (nSPS) is 18.8. The molecule has 8 heteroatoms. The van der Waals surface area contributed by atoms with Crippen molar-refractivity contribution in [1.29, 1.82) is 0 Å². The highest BCUT2D eigenvalue weighted by Crippen LogP contribution is 2.33. The van der Waals surface area contributed by atoms with E-state index in [1.807, 2.05) is 6.07 Å². The van der Waals surface area contributed by atoms with Gasteiger partial charge in [-0.3, -0.25) is 14.4 Å². The number of carboxylic acid groups (broad SMARTS) is 1. The first-order valence-corrected chi connectivity index (χ1v) is 9.15. The molecule has 0 bridgehead atoms. The fourth-order valence-corrected chi connectivity index (χ4v) is 3.60. The minimum atomic E-state index is -1.61. The van der Waals surface area contributed by atoms with E-state index in [-0.39, 0.29) is 30.2 Å². The first-order chi connectivity index (χ1) is 13.5. The van der Waals surface area contributed by atoms with Crippen molar-refractivity contribution in [2.45, 2.75) is 44.7 Å². The van der Waals surface area contributed by atoms with Crippen LogP contribution in [0.25, 0.3) is 0 Å². The van der Waals surface area contributed by atoms with Crippen LogP contribution in [-0.2, 0) is 16.1 Å². The van der Waals surface area contributed by atoms with Gasteiger partial charge in [-0.25, -0.2) is 4.79 Å². The van der Waals surface area contributed by atoms with Gasteiger partial charge in [0.15, 0.2) is 0 Å². The standard InChI is InChI=1S/C20H21N3O5/c1-2-3-4-5-11-21-15-8-6-7-13-14(15)12-22(18(13)25)16-9-10-17(24)23(19(16)26)20(27)28/h1,6-8,16,21H,3-5,9-12H2,(H,27,28). The van der Waals surface area contributed by atoms with Crippen molar-refractivity contribution in [2.24, 2.45) is 0 Å². The molecule has 2 heterocycles. The lowest BCUT2D eigenvalue weighted by molar-refractivity contribution is -0.149. The highest BCUT2D eigenvalue weighted by Gasteiger charge is 2.45. The average molecular weight is 383 g/mol. The number of piperidine rings is 1. The van der Waals surface area contributed by atoms with Crippen LogP contribution in [0, 0.1) is 12.3 Å². The first kappa shape index (κ1) is 19.4. The van der Waals surface area contributed by atoms with Crippen LogP contribution < -0.4 is 5.32 Å². The van der Waals surface area contributed by atoms with Gasteiger partial charge < -0.3 is 15.3 Å². The van der Waals surface area contributed by atoms with E-state index in [4.69, 9.17) is 11.5 Å². The highest BCUT2D eigenvalue weighted by atomic mass is 16.4. The number of likely N-dealkylation sites (tertiary alicyclic amines) is 1. The van der Waals surface area contributed by atoms with Crippen molar-refractivity contribution in [2.75, 3.05) is 11.9 Å². The zero-order valence-corrected chi connectivity index (χ0v) is 15.3. The van der Waals surface area contributed by atoms with Crippen LogP contribution in [0.4, 0.5) is 10.5 Å². The Morgan fingerprint density at radius 1 is 1.29 bits per heavy atom. The third kappa shape index (κ3) is 3.56. The number of nitrogens with one attached hydrogen (secondary N) is 1. The van der Waals surface area contributed by atoms with E-state index in [1.165, 1.54) is 4.90 Å². The number of anilines is 1. The van der Waals surface area contributed by atoms with Crippen molar-refractivity contribution >= 4 is 29.5 Å². The van der Waals surface area contributed by atoms with Crippen LogP contribution in [0.2, 0.25) is 0 Å². The lowest BCUT2D eigenvalue weighted by atomic mass is 10.0. The third-order valence-electron chi connectivity index (χ3n) is 5.01. The smallest absolute Gasteiger partial charge is 0.421 e. The van der Waals surface area contributed by atoms with Gasteiger partial charge >= 0.3 is 6.09 Å². The summed E-state index contributed by atoms with van der Waals surface area (Å²) in [6, 6.07) is 4.36. The molecule has 0 radical (unpaired) electrons. The third-order valence-corrected chi connectivity index (χ3v) is 5.01. The summed E-state index contributed by atoms with van der Waals surface area (Å²) in [5.74, 6) is 0.640. The van der Waals surface area contributed by atoms with E-state index in [9.17, 15) is 19.2 Å². The molecular weight excluding hydrogens is 362 g/mol. The summed E-state index contributed by atoms with van der Waals surface area (Å²) < 4.78 is 0. The number of nitrogens with zero attached hydrogens (tertiary/aromatic N) is 2. The fourth-order valence-electron chi connectivity index (χ4n) is 3.60. The van der Waals surface area contributed by atoms with E-state index in [2.05, 4.69) is 11.2 Å². The molecule has 1 aromatic carbocycles. The highest BCUT2D eigenvalue weighted by molar-refractivity contribution is 6.13. The molecule has 1 saturated heterocycles. The Hall–Kier alpha value is -3.34. The van der Waals surface area contributed by atoms with Crippen molar-refractivity contribution in [3.8, 4) is 12.3 Å². The summed E-state index contributed by atoms with van der Waals surface area (Å²) in [5.41, 5.74) is 2.07. The topological polar surface area (TPSA) is 107 Å². The molecule has 0 aromatic heterocycles. The number of amides is 4. The molecule has 8 nitrogen and oxygen atoms in total. The van der Waals surface area contributed by atoms with E-state index in [0.29, 0.717) is 18.5 Å². The van der Waals surface area contributed by atoms with Gasteiger partial charge in [0.2, 0.25) is 5.91 Å². The Morgan fingerprint density at radius 3 is 2.79 bits per heavy atom. The number of carbonyl (C=O) groups excluding carboxylic acids is 3. The fraction of sp³-hybridized carbons (Fsp3) is 0.400. The number of hydrogen-bond donors (Lipinski definition) is 2. The molecule has 2 aliphatic heterocycles. The number of hydrogen-bond acceptors (Lipinski definition) is 5. The first-order valence-electron chi connectivity index (χ1n) is 9.15. The Morgan fingerprint density at radius 2 is 2.07 bits per heavy atom. The van der Waals surface area contributed by atoms with Crippen molar-refractivity contribution < 1.29 is 24.3 Å². The molecule has 1 atom stereocenters. The largest absolute Gasteiger partial charge is 0.464 e. The van der Waals surface area contributed by atoms with Gasteiger partial charge in [0.25, 0.3) is 11.8 Å². The van der Waals surface area contributed by atoms with E-state index < -0.39 is 23.9 Å². The number of carbonyl (C=O) groups is 4. The lowest BCUT2D eigenvalue weighted by Gasteiger charge is -2.33. The van der Waals surface area contributed by atoms with Crippen molar-refractivity contribution in [3.63, 3.8) is 0 Å². The summed E-state index contributed by atoms with van der Waals surface area (Å²) in [4.78, 5) is 49.9. The molecule has 3 rings (SSSR count). The van der Waals surface area contributed by atoms with Crippen LogP contribution in [0.3, 0.4) is 0 Å². The summed E-state index contributed by atoms with van der Waals surface area (Å²) in [7, 11) is 0. The van der Waals surface area contributed by atoms with Crippen molar-refractivity contribution in [3.05, 3.63) is 29.3 Å². The van der Waals surface area contributed by atoms with Gasteiger partial charge in [-0.05, 0) is 31.4 Å². The van der Waals surface area contributed by atoms with Crippen LogP contribution in [0.5, 0.6) is 0 Å². The monoisotopic (exact) mass is 383 g/mol. The summed E-state index contributed by atoms with van der Waals surface area (Å²) in [5, 5.41) is 12.4. The Balaban J connectivity index is 1.75. The predicted molar refractivity (Wildman–Crippen MR) is 100 cm³/mol. The van der Waals surface area contributed by atoms with Gasteiger partial charge in [-0.2, -0.15) is 4.90 Å². The van der Waals surface area contributed by atoms with E-state index in [1.54, 1.807) is 12.1 Å². The minimum absolute atomic E-state index is 0.0941. The summed E-state index contributed by atoms with van der Waals surface area (Å²) >= 11 is 0. The second kappa shape index (κ2) is 8.13. The van der Waals surface area contributed by atoms with Gasteiger partial charge in [0, 0.05) is 42.7 Å². The van der Waals surface area contributed by atoms with Crippen LogP contribution in [-0.4, -0.2) is 51.3 Å². The zero-order valence-electron chi connectivity index (χ0n) is 15.3. The zero-order chi connectivity index (χ0) is 20.3. The Labute approximate surface area is 162 Å². The average Bonchev–Trinajstić information content (AvgIpc) is 2.99. The predicted octanol–water partition coefficient (Wildman–Crippen LogP) is 2.05. The second-order valence-electron chi connectivity index (χ2n) is 6.76. The van der Waals surface area contributed by atoms with Gasteiger partial charge in [-0.15, -0.1) is 12.3 Å². The number of rotatable bonds is 6. The maximum atomic E-state index is 12.8. The SMILES string of the molecule is C#CCCCCNc1cccc2c1CN(C1CCC(=O)N(C(=O)O)C1=O)C2=O. The van der Waals surface area contributed by atoms with Gasteiger partial charge in [-0.1, -0.05) is 6.07 Å². The van der Waals surface area contributed by atoms with Crippen molar-refractivity contribution in [1.82, 2.24) is 9.80 Å². The molecule has 1 fully saturated rings. The van der Waals surface area contributed by atoms with E-state index >= 15 is 0 Å². The summed E-state index contributed by atoms with van der Waals surface area (Å²) in [6.07, 6.45) is 6.16. The molecule has 0 saturated carbocycles. The lowest BCUT2D eigenvalue weighted by Crippen LogP contribution is -2.56. The molecule has 2 aliphatic rings. The number of benzene rings is 1. The summed E-state index contributed by atoms with van der Waals surface area (Å²) in [6.45, 7) is 0.899. The second-order valence-corrected chi connectivity index (χ2v) is 6.76. The number of fused-ring (bicyclic) bond motifs is 1. The molecule has 0 spiro atoms. The van der Waals surface area contributed by atoms with E-state index in [0.717, 1.165) is 24.1 Å². The molecule has 1 unspecified atom stereocenters. The Bertz CT molecular complexity index is 873. The molecule has 4 amide bonds. The molecule has 1 aromatic rings. The number of unbranched alkanes of at least 4 members (excludes halogenated alkanes) is 2. The minimum Gasteiger partial charge on any atom is -0.464 e. The Kier molecular flexibility index (Phi) is 5.64. The molecule has 146 valence electrons. The number of terminal acetylenes is 1. The van der Waals surface area contributed by atoms with Crippen LogP contribution >= 0.6 is 0 Å².